The highest BCUT2D eigenvalue weighted by atomic mass is 19.1. The van der Waals surface area contributed by atoms with Gasteiger partial charge in [-0.2, -0.15) is 5.26 Å². The Morgan fingerprint density at radius 2 is 1.62 bits per heavy atom. The molecular formula is C32H29FN4O2. The second-order valence-corrected chi connectivity index (χ2v) is 9.49. The maximum Gasteiger partial charge on any atom is 0.259 e. The Bertz CT molecular complexity index is 1460. The molecule has 0 atom stereocenters. The van der Waals surface area contributed by atoms with Gasteiger partial charge < -0.3 is 15.0 Å². The molecule has 1 aliphatic heterocycles. The van der Waals surface area contributed by atoms with Crippen molar-refractivity contribution in [2.45, 2.75) is 13.2 Å². The lowest BCUT2D eigenvalue weighted by Gasteiger charge is -2.36. The van der Waals surface area contributed by atoms with E-state index >= 15 is 0 Å². The van der Waals surface area contributed by atoms with Crippen LogP contribution in [0.3, 0.4) is 0 Å². The zero-order chi connectivity index (χ0) is 27.0. The number of hydrogen-bond acceptors (Lipinski definition) is 5. The fourth-order valence-electron chi connectivity index (χ4n) is 4.64. The third-order valence-electron chi connectivity index (χ3n) is 6.76. The van der Waals surface area contributed by atoms with Crippen molar-refractivity contribution in [2.24, 2.45) is 0 Å². The van der Waals surface area contributed by atoms with Crippen LogP contribution in [-0.2, 0) is 13.2 Å². The second-order valence-electron chi connectivity index (χ2n) is 9.49. The summed E-state index contributed by atoms with van der Waals surface area (Å²) in [6.45, 7) is 4.75. The van der Waals surface area contributed by atoms with Gasteiger partial charge in [0.1, 0.15) is 18.2 Å². The van der Waals surface area contributed by atoms with Gasteiger partial charge in [-0.25, -0.2) is 4.39 Å². The number of ether oxygens (including phenoxy) is 1. The summed E-state index contributed by atoms with van der Waals surface area (Å²) >= 11 is 0. The molecule has 0 unspecified atom stereocenters. The standard InChI is InChI=1S/C32H29FN4O2/c33-27-10-8-24(9-11-27)23-39-31-7-2-1-6-30(31)32(38)35-28-12-14-29(15-13-28)37-18-16-36(17-19-37)22-26-5-3-4-25(20-26)21-34/h1-15,20H,16-19,22-23H2,(H,35,38). The van der Waals surface area contributed by atoms with Crippen LogP contribution in [0.25, 0.3) is 0 Å². The zero-order valence-corrected chi connectivity index (χ0v) is 21.5. The van der Waals surface area contributed by atoms with Crippen LogP contribution < -0.4 is 15.0 Å². The van der Waals surface area contributed by atoms with Crippen molar-refractivity contribution in [3.05, 3.63) is 125 Å². The molecule has 4 aromatic carbocycles. The highest BCUT2D eigenvalue weighted by molar-refractivity contribution is 6.06. The number of nitriles is 1. The number of nitrogens with zero attached hydrogens (tertiary/aromatic N) is 3. The van der Waals surface area contributed by atoms with Crippen LogP contribution in [0.1, 0.15) is 27.0 Å². The van der Waals surface area contributed by atoms with E-state index in [0.717, 1.165) is 49.5 Å². The van der Waals surface area contributed by atoms with Gasteiger partial charge >= 0.3 is 0 Å². The summed E-state index contributed by atoms with van der Waals surface area (Å²) in [7, 11) is 0. The number of anilines is 2. The summed E-state index contributed by atoms with van der Waals surface area (Å²) in [5, 5.41) is 12.1. The van der Waals surface area contributed by atoms with Crippen LogP contribution in [0.4, 0.5) is 15.8 Å². The molecule has 7 heteroatoms. The summed E-state index contributed by atoms with van der Waals surface area (Å²) in [6.07, 6.45) is 0. The third kappa shape index (κ3) is 6.81. The summed E-state index contributed by atoms with van der Waals surface area (Å²) in [4.78, 5) is 17.8. The Morgan fingerprint density at radius 3 is 2.36 bits per heavy atom. The van der Waals surface area contributed by atoms with Crippen LogP contribution in [0, 0.1) is 17.1 Å². The van der Waals surface area contributed by atoms with E-state index in [1.165, 1.54) is 12.1 Å². The van der Waals surface area contributed by atoms with E-state index in [4.69, 9.17) is 10.00 Å². The van der Waals surface area contributed by atoms with Crippen LogP contribution in [0.2, 0.25) is 0 Å². The fraction of sp³-hybridized carbons (Fsp3) is 0.188. The first kappa shape index (κ1) is 26.0. The summed E-state index contributed by atoms with van der Waals surface area (Å²) in [6, 6.07) is 31.0. The number of carbonyl (C=O) groups is 1. The number of carbonyl (C=O) groups excluding carboxylic acids is 1. The van der Waals surface area contributed by atoms with Crippen LogP contribution in [0.5, 0.6) is 5.75 Å². The molecule has 1 heterocycles. The van der Waals surface area contributed by atoms with Gasteiger partial charge in [0, 0.05) is 44.1 Å². The molecule has 0 aliphatic carbocycles. The largest absolute Gasteiger partial charge is 0.488 e. The fourth-order valence-corrected chi connectivity index (χ4v) is 4.64. The smallest absolute Gasteiger partial charge is 0.259 e. The van der Waals surface area contributed by atoms with Gasteiger partial charge in [-0.15, -0.1) is 0 Å². The van der Waals surface area contributed by atoms with Gasteiger partial charge in [-0.1, -0.05) is 36.4 Å². The number of piperazine rings is 1. The van der Waals surface area contributed by atoms with Gasteiger partial charge in [0.15, 0.2) is 0 Å². The number of amides is 1. The maximum absolute atomic E-state index is 13.2. The molecule has 6 nitrogen and oxygen atoms in total. The molecule has 5 rings (SSSR count). The first-order chi connectivity index (χ1) is 19.1. The molecule has 0 radical (unpaired) electrons. The number of benzene rings is 4. The van der Waals surface area contributed by atoms with Crippen molar-refractivity contribution < 1.29 is 13.9 Å². The maximum atomic E-state index is 13.2. The van der Waals surface area contributed by atoms with E-state index in [0.29, 0.717) is 22.6 Å². The van der Waals surface area contributed by atoms with E-state index in [1.807, 2.05) is 48.5 Å². The normalized spacial score (nSPS) is 13.5. The molecule has 1 aliphatic rings. The summed E-state index contributed by atoms with van der Waals surface area (Å²) < 4.78 is 19.0. The van der Waals surface area contributed by atoms with Gasteiger partial charge in [0.25, 0.3) is 5.91 Å². The predicted molar refractivity (Wildman–Crippen MR) is 150 cm³/mol. The van der Waals surface area contributed by atoms with Crippen molar-refractivity contribution in [3.8, 4) is 11.8 Å². The molecule has 0 saturated carbocycles. The molecule has 196 valence electrons. The van der Waals surface area contributed by atoms with Crippen molar-refractivity contribution in [1.82, 2.24) is 4.90 Å². The SMILES string of the molecule is N#Cc1cccc(CN2CCN(c3ccc(NC(=O)c4ccccc4OCc4ccc(F)cc4)cc3)CC2)c1. The van der Waals surface area contributed by atoms with Crippen molar-refractivity contribution in [1.29, 1.82) is 5.26 Å². The van der Waals surface area contributed by atoms with Gasteiger partial charge in [-0.05, 0) is 71.8 Å². The van der Waals surface area contributed by atoms with E-state index in [9.17, 15) is 9.18 Å². The molecular weight excluding hydrogens is 491 g/mol. The molecule has 0 aromatic heterocycles. The Kier molecular flexibility index (Phi) is 8.15. The predicted octanol–water partition coefficient (Wildman–Crippen LogP) is 5.85. The molecule has 39 heavy (non-hydrogen) atoms. The molecule has 0 spiro atoms. The Morgan fingerprint density at radius 1 is 0.872 bits per heavy atom. The summed E-state index contributed by atoms with van der Waals surface area (Å²) in [5.74, 6) is -0.0921. The monoisotopic (exact) mass is 520 g/mol. The van der Waals surface area contributed by atoms with Gasteiger partial charge in [-0.3, -0.25) is 9.69 Å². The van der Waals surface area contributed by atoms with Gasteiger partial charge in [0.05, 0.1) is 17.2 Å². The number of halogens is 1. The number of para-hydroxylation sites is 1. The highest BCUT2D eigenvalue weighted by Gasteiger charge is 2.18. The van der Waals surface area contributed by atoms with Crippen LogP contribution in [0.15, 0.2) is 97.1 Å². The van der Waals surface area contributed by atoms with Crippen molar-refractivity contribution in [3.63, 3.8) is 0 Å². The van der Waals surface area contributed by atoms with E-state index < -0.39 is 0 Å². The summed E-state index contributed by atoms with van der Waals surface area (Å²) in [5.41, 5.74) is 4.91. The highest BCUT2D eigenvalue weighted by Crippen LogP contribution is 2.24. The molecule has 1 fully saturated rings. The van der Waals surface area contributed by atoms with Crippen molar-refractivity contribution >= 4 is 17.3 Å². The second kappa shape index (κ2) is 12.2. The van der Waals surface area contributed by atoms with Crippen LogP contribution in [-0.4, -0.2) is 37.0 Å². The number of hydrogen-bond donors (Lipinski definition) is 1. The lowest BCUT2D eigenvalue weighted by Crippen LogP contribution is -2.45. The zero-order valence-electron chi connectivity index (χ0n) is 21.5. The average molecular weight is 521 g/mol. The lowest BCUT2D eigenvalue weighted by molar-refractivity contribution is 0.102. The average Bonchev–Trinajstić information content (AvgIpc) is 2.98. The first-order valence-electron chi connectivity index (χ1n) is 12.9. The molecule has 4 aromatic rings. The molecule has 0 bridgehead atoms. The Labute approximate surface area is 227 Å². The number of rotatable bonds is 8. The Balaban J connectivity index is 1.15. The molecule has 1 N–H and O–H groups in total. The van der Waals surface area contributed by atoms with Crippen molar-refractivity contribution in [2.75, 3.05) is 36.4 Å². The Hall–Kier alpha value is -4.67. The molecule has 1 saturated heterocycles. The quantitative estimate of drug-likeness (QED) is 0.316. The minimum Gasteiger partial charge on any atom is -0.488 e. The van der Waals surface area contributed by atoms with E-state index in [2.05, 4.69) is 27.3 Å². The first-order valence-corrected chi connectivity index (χ1v) is 12.9. The molecule has 1 amide bonds. The topological polar surface area (TPSA) is 68.6 Å². The van der Waals surface area contributed by atoms with Gasteiger partial charge in [0.2, 0.25) is 0 Å². The van der Waals surface area contributed by atoms with E-state index in [-0.39, 0.29) is 18.3 Å². The number of nitrogens with one attached hydrogen (secondary N) is 1. The third-order valence-corrected chi connectivity index (χ3v) is 6.76. The van der Waals surface area contributed by atoms with E-state index in [1.54, 1.807) is 30.3 Å². The van der Waals surface area contributed by atoms with Crippen LogP contribution >= 0.6 is 0 Å². The minimum absolute atomic E-state index is 0.235. The minimum atomic E-state index is -0.300. The lowest BCUT2D eigenvalue weighted by atomic mass is 10.1.